The van der Waals surface area contributed by atoms with Gasteiger partial charge in [0.1, 0.15) is 11.6 Å². The fourth-order valence-electron chi connectivity index (χ4n) is 6.82. The van der Waals surface area contributed by atoms with Gasteiger partial charge in [0.15, 0.2) is 0 Å². The average molecular weight is 288 g/mol. The molecule has 0 aromatic carbocycles. The number of Topliss-reactive ketones (excluding diaryl/α,β-unsaturated/α-hetero) is 2. The van der Waals surface area contributed by atoms with E-state index in [4.69, 9.17) is 0 Å². The van der Waals surface area contributed by atoms with E-state index in [-0.39, 0.29) is 5.41 Å². The van der Waals surface area contributed by atoms with Crippen molar-refractivity contribution in [1.29, 1.82) is 0 Å². The number of fused-ring (bicyclic) bond motifs is 5. The summed E-state index contributed by atoms with van der Waals surface area (Å²) >= 11 is 0. The number of carbonyl (C=O) groups excluding carboxylic acids is 2. The van der Waals surface area contributed by atoms with Gasteiger partial charge in [-0.15, -0.1) is 0 Å². The summed E-state index contributed by atoms with van der Waals surface area (Å²) in [6, 6.07) is 0. The fourth-order valence-corrected chi connectivity index (χ4v) is 6.82. The molecule has 0 N–H and O–H groups in total. The Morgan fingerprint density at radius 2 is 1.71 bits per heavy atom. The third-order valence-electron chi connectivity index (χ3n) is 8.19. The van der Waals surface area contributed by atoms with Crippen molar-refractivity contribution >= 4 is 11.6 Å². The van der Waals surface area contributed by atoms with Gasteiger partial charge >= 0.3 is 0 Å². The van der Waals surface area contributed by atoms with Gasteiger partial charge in [0.2, 0.25) is 0 Å². The molecular formula is C19H28O2. The van der Waals surface area contributed by atoms with Gasteiger partial charge in [0.25, 0.3) is 0 Å². The van der Waals surface area contributed by atoms with Gasteiger partial charge < -0.3 is 0 Å². The van der Waals surface area contributed by atoms with Crippen molar-refractivity contribution < 1.29 is 9.59 Å². The summed E-state index contributed by atoms with van der Waals surface area (Å²) in [4.78, 5) is 24.2. The van der Waals surface area contributed by atoms with E-state index in [0.717, 1.165) is 50.4 Å². The third-order valence-corrected chi connectivity index (χ3v) is 8.19. The predicted octanol–water partition coefficient (Wildman–Crippen LogP) is 4.17. The molecule has 4 fully saturated rings. The quantitative estimate of drug-likeness (QED) is 0.670. The number of rotatable bonds is 0. The van der Waals surface area contributed by atoms with Gasteiger partial charge in [-0.2, -0.15) is 0 Å². The summed E-state index contributed by atoms with van der Waals surface area (Å²) in [6.45, 7) is 4.72. The lowest BCUT2D eigenvalue weighted by molar-refractivity contribution is -0.144. The molecule has 4 saturated carbocycles. The summed E-state index contributed by atoms with van der Waals surface area (Å²) in [5.41, 5.74) is 0.374. The maximum Gasteiger partial charge on any atom is 0.139 e. The summed E-state index contributed by atoms with van der Waals surface area (Å²) in [6.07, 6.45) is 9.53. The van der Waals surface area contributed by atoms with Crippen LogP contribution in [-0.4, -0.2) is 11.6 Å². The normalized spacial score (nSPS) is 53.0. The Hall–Kier alpha value is -0.660. The van der Waals surface area contributed by atoms with Crippen LogP contribution in [0, 0.1) is 34.5 Å². The van der Waals surface area contributed by atoms with Crippen molar-refractivity contribution in [3.05, 3.63) is 0 Å². The first-order valence-corrected chi connectivity index (χ1v) is 9.00. The molecule has 0 aliphatic heterocycles. The molecule has 4 rings (SSSR count). The van der Waals surface area contributed by atoms with Gasteiger partial charge in [0, 0.05) is 24.7 Å². The topological polar surface area (TPSA) is 34.1 Å². The highest BCUT2D eigenvalue weighted by molar-refractivity contribution is 5.87. The van der Waals surface area contributed by atoms with Crippen molar-refractivity contribution in [1.82, 2.24) is 0 Å². The molecule has 0 amide bonds. The summed E-state index contributed by atoms with van der Waals surface area (Å²) in [5, 5.41) is 0. The van der Waals surface area contributed by atoms with Crippen molar-refractivity contribution in [2.45, 2.75) is 71.6 Å². The smallest absolute Gasteiger partial charge is 0.139 e. The minimum Gasteiger partial charge on any atom is -0.300 e. The molecular weight excluding hydrogens is 260 g/mol. The standard InChI is InChI=1S/C19H28O2/c1-18-9-7-13(20)11-12(18)3-4-14-15-5-6-17(21)19(15,2)10-8-16(14)18/h12,14-16H,3-11H2,1-2H3/t12-,14+,15+,16-,18-,19+/m0/s1. The molecule has 0 bridgehead atoms. The third kappa shape index (κ3) is 1.77. The monoisotopic (exact) mass is 288 g/mol. The largest absolute Gasteiger partial charge is 0.300 e. The number of hydrogen-bond donors (Lipinski definition) is 0. The first-order valence-electron chi connectivity index (χ1n) is 9.00. The van der Waals surface area contributed by atoms with E-state index in [1.165, 1.54) is 19.3 Å². The minimum absolute atomic E-state index is 0.00511. The van der Waals surface area contributed by atoms with Gasteiger partial charge in [-0.1, -0.05) is 13.8 Å². The number of carbonyl (C=O) groups is 2. The number of ketones is 2. The summed E-state index contributed by atoms with van der Waals surface area (Å²) < 4.78 is 0. The Kier molecular flexibility index (Phi) is 2.94. The molecule has 0 heterocycles. The highest BCUT2D eigenvalue weighted by Crippen LogP contribution is 2.65. The van der Waals surface area contributed by atoms with Crippen molar-refractivity contribution in [3.8, 4) is 0 Å². The first kappa shape index (κ1) is 14.0. The molecule has 2 heteroatoms. The molecule has 0 unspecified atom stereocenters. The van der Waals surface area contributed by atoms with Crippen molar-refractivity contribution in [3.63, 3.8) is 0 Å². The molecule has 0 radical (unpaired) electrons. The van der Waals surface area contributed by atoms with E-state index >= 15 is 0 Å². The molecule has 4 aliphatic rings. The lowest BCUT2D eigenvalue weighted by Gasteiger charge is -2.59. The molecule has 2 nitrogen and oxygen atoms in total. The average Bonchev–Trinajstić information content (AvgIpc) is 2.76. The van der Waals surface area contributed by atoms with Gasteiger partial charge in [-0.05, 0) is 67.6 Å². The molecule has 0 spiro atoms. The van der Waals surface area contributed by atoms with Crippen LogP contribution in [0.25, 0.3) is 0 Å². The zero-order chi connectivity index (χ0) is 14.8. The predicted molar refractivity (Wildman–Crippen MR) is 81.7 cm³/mol. The Balaban J connectivity index is 1.65. The molecule has 4 aliphatic carbocycles. The molecule has 116 valence electrons. The van der Waals surface area contributed by atoms with E-state index in [2.05, 4.69) is 13.8 Å². The zero-order valence-corrected chi connectivity index (χ0v) is 13.5. The van der Waals surface area contributed by atoms with Crippen LogP contribution in [0.3, 0.4) is 0 Å². The molecule has 0 saturated heterocycles. The second-order valence-corrected chi connectivity index (χ2v) is 8.82. The lowest BCUT2D eigenvalue weighted by atomic mass is 9.45. The van der Waals surface area contributed by atoms with Crippen LogP contribution >= 0.6 is 0 Å². The lowest BCUT2D eigenvalue weighted by Crippen LogP contribution is -2.53. The van der Waals surface area contributed by atoms with E-state index in [1.54, 1.807) is 0 Å². The van der Waals surface area contributed by atoms with E-state index in [9.17, 15) is 9.59 Å². The summed E-state index contributed by atoms with van der Waals surface area (Å²) in [7, 11) is 0. The molecule has 0 aromatic heterocycles. The maximum atomic E-state index is 12.4. The molecule has 6 atom stereocenters. The fraction of sp³-hybridized carbons (Fsp3) is 0.895. The van der Waals surface area contributed by atoms with E-state index in [1.807, 2.05) is 0 Å². The van der Waals surface area contributed by atoms with Crippen LogP contribution in [0.5, 0.6) is 0 Å². The van der Waals surface area contributed by atoms with Crippen molar-refractivity contribution in [2.24, 2.45) is 34.5 Å². The Labute approximate surface area is 128 Å². The van der Waals surface area contributed by atoms with Crippen LogP contribution in [0.1, 0.15) is 71.6 Å². The van der Waals surface area contributed by atoms with Gasteiger partial charge in [-0.3, -0.25) is 9.59 Å². The highest BCUT2D eigenvalue weighted by atomic mass is 16.1. The highest BCUT2D eigenvalue weighted by Gasteiger charge is 2.60. The van der Waals surface area contributed by atoms with Gasteiger partial charge in [0.05, 0.1) is 0 Å². The molecule has 21 heavy (non-hydrogen) atoms. The second-order valence-electron chi connectivity index (χ2n) is 8.82. The van der Waals surface area contributed by atoms with Crippen LogP contribution in [-0.2, 0) is 9.59 Å². The Morgan fingerprint density at radius 1 is 0.905 bits per heavy atom. The van der Waals surface area contributed by atoms with Gasteiger partial charge in [-0.25, -0.2) is 0 Å². The van der Waals surface area contributed by atoms with Crippen LogP contribution in [0.4, 0.5) is 0 Å². The van der Waals surface area contributed by atoms with Crippen LogP contribution in [0.2, 0.25) is 0 Å². The Morgan fingerprint density at radius 3 is 2.52 bits per heavy atom. The van der Waals surface area contributed by atoms with E-state index in [0.29, 0.717) is 28.8 Å². The van der Waals surface area contributed by atoms with E-state index < -0.39 is 0 Å². The Bertz CT molecular complexity index is 496. The number of hydrogen-bond acceptors (Lipinski definition) is 2. The zero-order valence-electron chi connectivity index (χ0n) is 13.5. The molecule has 0 aromatic rings. The SMILES string of the molecule is C[C@]12CCC(=O)C[C@@H]1CC[C@@H]1[C@H]3CCC(=O)[C@]3(C)CC[C@@H]12. The summed E-state index contributed by atoms with van der Waals surface area (Å²) in [5.74, 6) is 3.82. The second kappa shape index (κ2) is 4.43. The maximum absolute atomic E-state index is 12.4. The van der Waals surface area contributed by atoms with Crippen LogP contribution in [0.15, 0.2) is 0 Å². The minimum atomic E-state index is -0.00511. The van der Waals surface area contributed by atoms with Crippen molar-refractivity contribution in [2.75, 3.05) is 0 Å². The van der Waals surface area contributed by atoms with Crippen LogP contribution < -0.4 is 0 Å². The first-order chi connectivity index (χ1) is 9.95.